The number of ketones is 1. The van der Waals surface area contributed by atoms with Crippen LogP contribution < -0.4 is 9.47 Å². The van der Waals surface area contributed by atoms with Gasteiger partial charge in [-0.25, -0.2) is 0 Å². The molecule has 1 aromatic heterocycles. The number of Topliss-reactive ketones (excluding diaryl/α,β-unsaturated/α-hetero) is 1. The first kappa shape index (κ1) is 18.4. The molecule has 2 aliphatic rings. The van der Waals surface area contributed by atoms with Crippen LogP contribution in [0.4, 0.5) is 0 Å². The molecule has 1 fully saturated rings. The van der Waals surface area contributed by atoms with Crippen molar-refractivity contribution in [2.45, 2.75) is 19.5 Å². The Hall–Kier alpha value is -2.64. The molecule has 29 heavy (non-hydrogen) atoms. The number of rotatable bonds is 4. The van der Waals surface area contributed by atoms with Gasteiger partial charge in [0.1, 0.15) is 13.2 Å². The van der Waals surface area contributed by atoms with Crippen molar-refractivity contribution in [3.8, 4) is 11.5 Å². The van der Waals surface area contributed by atoms with Crippen LogP contribution in [0.25, 0.3) is 11.1 Å². The van der Waals surface area contributed by atoms with E-state index in [0.29, 0.717) is 41.8 Å². The Morgan fingerprint density at radius 1 is 1.03 bits per heavy atom. The second kappa shape index (κ2) is 7.65. The number of hydrogen-bond acceptors (Lipinski definition) is 6. The number of ether oxygens (including phenoxy) is 2. The molecule has 0 radical (unpaired) electrons. The summed E-state index contributed by atoms with van der Waals surface area (Å²) in [5.74, 6) is 1.60. The minimum atomic E-state index is 0.0304. The van der Waals surface area contributed by atoms with Gasteiger partial charge in [-0.2, -0.15) is 0 Å². The second-order valence-corrected chi connectivity index (χ2v) is 7.87. The van der Waals surface area contributed by atoms with Gasteiger partial charge in [0.15, 0.2) is 22.9 Å². The maximum Gasteiger partial charge on any atom is 0.270 e. The fraction of sp³-hybridized carbons (Fsp3) is 0.364. The van der Waals surface area contributed by atoms with Crippen molar-refractivity contribution in [2.75, 3.05) is 26.3 Å². The first-order valence-corrected chi connectivity index (χ1v) is 10.3. The van der Waals surface area contributed by atoms with Gasteiger partial charge in [-0.3, -0.25) is 14.3 Å². The third-order valence-electron chi connectivity index (χ3n) is 5.70. The molecule has 6 nitrogen and oxygen atoms in total. The van der Waals surface area contributed by atoms with Crippen molar-refractivity contribution in [1.29, 1.82) is 0 Å². The number of para-hydroxylation sites is 2. The number of hydrogen-bond donors (Lipinski definition) is 0. The van der Waals surface area contributed by atoms with E-state index >= 15 is 0 Å². The van der Waals surface area contributed by atoms with E-state index in [2.05, 4.69) is 4.90 Å². The maximum absolute atomic E-state index is 13.0. The molecule has 1 saturated heterocycles. The zero-order valence-electron chi connectivity index (χ0n) is 16.0. The third kappa shape index (κ3) is 3.56. The van der Waals surface area contributed by atoms with E-state index in [-0.39, 0.29) is 11.7 Å². The standard InChI is InChI=1S/C22H22N2O4S/c25-21(16-5-6-19-20(13-16)27-12-11-26-19)15-7-9-23(10-8-15)14-24-17-3-1-2-4-18(17)28-22(24)29/h1-6,13,15H,7-12,14H2. The van der Waals surface area contributed by atoms with E-state index in [1.54, 1.807) is 0 Å². The van der Waals surface area contributed by atoms with E-state index < -0.39 is 0 Å². The van der Waals surface area contributed by atoms with Gasteiger partial charge < -0.3 is 13.9 Å². The number of benzene rings is 2. The minimum Gasteiger partial charge on any atom is -0.486 e. The lowest BCUT2D eigenvalue weighted by molar-refractivity contribution is 0.0809. The predicted molar refractivity (Wildman–Crippen MR) is 111 cm³/mol. The highest BCUT2D eigenvalue weighted by Gasteiger charge is 2.27. The number of likely N-dealkylation sites (tertiary alicyclic amines) is 1. The fourth-order valence-electron chi connectivity index (χ4n) is 4.12. The molecule has 0 unspecified atom stereocenters. The molecule has 2 aliphatic heterocycles. The molecule has 0 atom stereocenters. The van der Waals surface area contributed by atoms with E-state index in [1.165, 1.54) is 0 Å². The van der Waals surface area contributed by atoms with Gasteiger partial charge in [0, 0.05) is 24.6 Å². The Labute approximate surface area is 173 Å². The summed E-state index contributed by atoms with van der Waals surface area (Å²) in [6, 6.07) is 13.4. The summed E-state index contributed by atoms with van der Waals surface area (Å²) < 4.78 is 18.9. The van der Waals surface area contributed by atoms with Gasteiger partial charge in [0.25, 0.3) is 4.84 Å². The molecule has 2 aromatic carbocycles. The Bertz CT molecular complexity index is 1110. The van der Waals surface area contributed by atoms with Crippen molar-refractivity contribution in [1.82, 2.24) is 9.47 Å². The average Bonchev–Trinajstić information content (AvgIpc) is 3.08. The molecule has 0 bridgehead atoms. The van der Waals surface area contributed by atoms with Gasteiger partial charge in [-0.05, 0) is 55.4 Å². The summed E-state index contributed by atoms with van der Waals surface area (Å²) in [4.78, 5) is 15.8. The lowest BCUT2D eigenvalue weighted by Gasteiger charge is -2.31. The molecule has 3 aromatic rings. The Morgan fingerprint density at radius 3 is 2.62 bits per heavy atom. The van der Waals surface area contributed by atoms with Crippen molar-refractivity contribution < 1.29 is 18.7 Å². The molecule has 3 heterocycles. The highest BCUT2D eigenvalue weighted by Crippen LogP contribution is 2.32. The first-order chi connectivity index (χ1) is 14.2. The molecule has 0 amide bonds. The number of fused-ring (bicyclic) bond motifs is 2. The molecular formula is C22H22N2O4S. The smallest absolute Gasteiger partial charge is 0.270 e. The minimum absolute atomic E-state index is 0.0304. The average molecular weight is 410 g/mol. The summed E-state index contributed by atoms with van der Waals surface area (Å²) in [6.45, 7) is 3.45. The summed E-state index contributed by atoms with van der Waals surface area (Å²) >= 11 is 5.39. The number of piperidine rings is 1. The largest absolute Gasteiger partial charge is 0.486 e. The summed E-state index contributed by atoms with van der Waals surface area (Å²) in [6.07, 6.45) is 1.66. The van der Waals surface area contributed by atoms with Crippen LogP contribution in [0.15, 0.2) is 46.9 Å². The monoisotopic (exact) mass is 410 g/mol. The van der Waals surface area contributed by atoms with Gasteiger partial charge in [-0.15, -0.1) is 0 Å². The highest BCUT2D eigenvalue weighted by molar-refractivity contribution is 7.71. The Morgan fingerprint density at radius 2 is 1.79 bits per heavy atom. The molecule has 0 spiro atoms. The summed E-state index contributed by atoms with van der Waals surface area (Å²) in [5, 5.41) is 0. The molecular weight excluding hydrogens is 388 g/mol. The van der Waals surface area contributed by atoms with Crippen molar-refractivity contribution in [3.63, 3.8) is 0 Å². The number of carbonyl (C=O) groups excluding carboxylic acids is 1. The van der Waals surface area contributed by atoms with Crippen LogP contribution in [0, 0.1) is 10.8 Å². The van der Waals surface area contributed by atoms with Crippen LogP contribution in [0.5, 0.6) is 11.5 Å². The normalized spacial score (nSPS) is 17.5. The Kier molecular flexibility index (Phi) is 4.85. The van der Waals surface area contributed by atoms with Crippen molar-refractivity contribution in [2.24, 2.45) is 5.92 Å². The quantitative estimate of drug-likeness (QED) is 0.473. The maximum atomic E-state index is 13.0. The first-order valence-electron chi connectivity index (χ1n) is 9.93. The zero-order valence-corrected chi connectivity index (χ0v) is 16.8. The van der Waals surface area contributed by atoms with Crippen LogP contribution in [-0.2, 0) is 6.67 Å². The van der Waals surface area contributed by atoms with Crippen LogP contribution in [-0.4, -0.2) is 41.6 Å². The van der Waals surface area contributed by atoms with E-state index in [9.17, 15) is 4.79 Å². The van der Waals surface area contributed by atoms with E-state index in [4.69, 9.17) is 26.1 Å². The van der Waals surface area contributed by atoms with Gasteiger partial charge in [0.05, 0.1) is 12.2 Å². The van der Waals surface area contributed by atoms with Crippen molar-refractivity contribution in [3.05, 3.63) is 52.9 Å². The molecule has 150 valence electrons. The summed E-state index contributed by atoms with van der Waals surface area (Å²) in [5.41, 5.74) is 2.52. The van der Waals surface area contributed by atoms with Crippen LogP contribution >= 0.6 is 12.2 Å². The topological polar surface area (TPSA) is 56.8 Å². The molecule has 0 N–H and O–H groups in total. The predicted octanol–water partition coefficient (Wildman–Crippen LogP) is 4.29. The van der Waals surface area contributed by atoms with E-state index in [0.717, 1.165) is 37.0 Å². The third-order valence-corrected chi connectivity index (χ3v) is 6.00. The van der Waals surface area contributed by atoms with E-state index in [1.807, 2.05) is 47.0 Å². The van der Waals surface area contributed by atoms with Gasteiger partial charge >= 0.3 is 0 Å². The molecule has 5 rings (SSSR count). The molecule has 0 aliphatic carbocycles. The SMILES string of the molecule is O=C(c1ccc2c(c1)OCCO2)C1CCN(Cn2c(=S)oc3ccccc32)CC1. The Balaban J connectivity index is 1.25. The van der Waals surface area contributed by atoms with Crippen LogP contribution in [0.1, 0.15) is 23.2 Å². The fourth-order valence-corrected chi connectivity index (χ4v) is 4.36. The number of carbonyl (C=O) groups is 1. The lowest BCUT2D eigenvalue weighted by Crippen LogP contribution is -2.37. The number of oxazole rings is 1. The number of aromatic nitrogens is 1. The lowest BCUT2D eigenvalue weighted by atomic mass is 9.89. The summed E-state index contributed by atoms with van der Waals surface area (Å²) in [7, 11) is 0. The second-order valence-electron chi connectivity index (χ2n) is 7.52. The number of nitrogens with zero attached hydrogens (tertiary/aromatic N) is 2. The van der Waals surface area contributed by atoms with Gasteiger partial charge in [-0.1, -0.05) is 12.1 Å². The molecule has 7 heteroatoms. The van der Waals surface area contributed by atoms with Crippen LogP contribution in [0.3, 0.4) is 0 Å². The molecule has 0 saturated carbocycles. The van der Waals surface area contributed by atoms with Gasteiger partial charge in [0.2, 0.25) is 0 Å². The van der Waals surface area contributed by atoms with Crippen LogP contribution in [0.2, 0.25) is 0 Å². The zero-order chi connectivity index (χ0) is 19.8. The highest BCUT2D eigenvalue weighted by atomic mass is 32.1. The van der Waals surface area contributed by atoms with Crippen molar-refractivity contribution >= 4 is 29.1 Å².